The quantitative estimate of drug-likeness (QED) is 0.660. The van der Waals surface area contributed by atoms with E-state index < -0.39 is 0 Å². The van der Waals surface area contributed by atoms with Crippen molar-refractivity contribution in [1.82, 2.24) is 14.9 Å². The normalized spacial score (nSPS) is 15.7. The summed E-state index contributed by atoms with van der Waals surface area (Å²) >= 11 is 1.38. The fraction of sp³-hybridized carbons (Fsp3) is 0.583. The number of aromatic nitrogens is 2. The third-order valence-corrected chi connectivity index (χ3v) is 4.11. The van der Waals surface area contributed by atoms with E-state index in [0.29, 0.717) is 5.75 Å². The van der Waals surface area contributed by atoms with Crippen molar-refractivity contribution in [2.24, 2.45) is 0 Å². The Labute approximate surface area is 110 Å². The molecule has 6 heteroatoms. The first-order valence-electron chi connectivity index (χ1n) is 6.13. The number of carbonyl (C=O) groups is 1. The van der Waals surface area contributed by atoms with E-state index in [2.05, 4.69) is 9.97 Å². The molecule has 2 heterocycles. The Bertz CT molecular complexity index is 480. The van der Waals surface area contributed by atoms with E-state index in [1.807, 2.05) is 11.8 Å². The van der Waals surface area contributed by atoms with Gasteiger partial charge < -0.3 is 9.88 Å². The van der Waals surface area contributed by atoms with Gasteiger partial charge in [0.2, 0.25) is 5.91 Å². The molecule has 0 aliphatic carbocycles. The summed E-state index contributed by atoms with van der Waals surface area (Å²) in [4.78, 5) is 31.3. The number of piperidine rings is 1. The van der Waals surface area contributed by atoms with Crippen LogP contribution >= 0.6 is 11.8 Å². The molecule has 0 radical (unpaired) electrons. The highest BCUT2D eigenvalue weighted by Gasteiger charge is 2.16. The molecule has 1 aliphatic rings. The molecule has 98 valence electrons. The molecule has 1 aliphatic heterocycles. The van der Waals surface area contributed by atoms with Crippen LogP contribution in [0.2, 0.25) is 0 Å². The molecule has 0 unspecified atom stereocenters. The molecule has 0 saturated carbocycles. The zero-order chi connectivity index (χ0) is 13.0. The lowest BCUT2D eigenvalue weighted by atomic mass is 10.1. The van der Waals surface area contributed by atoms with E-state index in [1.165, 1.54) is 24.4 Å². The van der Waals surface area contributed by atoms with Gasteiger partial charge >= 0.3 is 5.69 Å². The summed E-state index contributed by atoms with van der Waals surface area (Å²) in [5.74, 6) is 0.526. The Balaban J connectivity index is 1.92. The first kappa shape index (κ1) is 13.1. The third kappa shape index (κ3) is 3.35. The Morgan fingerprint density at radius 2 is 2.17 bits per heavy atom. The minimum Gasteiger partial charge on any atom is -0.342 e. The van der Waals surface area contributed by atoms with Crippen molar-refractivity contribution < 1.29 is 4.79 Å². The summed E-state index contributed by atoms with van der Waals surface area (Å²) in [6.45, 7) is 3.60. The van der Waals surface area contributed by atoms with Crippen molar-refractivity contribution in [2.75, 3.05) is 18.8 Å². The Morgan fingerprint density at radius 3 is 2.89 bits per heavy atom. The lowest BCUT2D eigenvalue weighted by Gasteiger charge is -2.26. The van der Waals surface area contributed by atoms with Crippen molar-refractivity contribution in [3.05, 3.63) is 22.2 Å². The number of amides is 1. The molecule has 1 aromatic rings. The van der Waals surface area contributed by atoms with E-state index in [1.54, 1.807) is 0 Å². The number of likely N-dealkylation sites (tertiary alicyclic amines) is 1. The second-order valence-electron chi connectivity index (χ2n) is 4.43. The molecule has 0 atom stereocenters. The van der Waals surface area contributed by atoms with Crippen molar-refractivity contribution in [1.29, 1.82) is 0 Å². The number of nitrogens with zero attached hydrogens (tertiary/aromatic N) is 2. The maximum Gasteiger partial charge on any atom is 0.345 e. The molecule has 2 rings (SSSR count). The van der Waals surface area contributed by atoms with Gasteiger partial charge in [-0.05, 0) is 31.7 Å². The van der Waals surface area contributed by atoms with E-state index in [0.717, 1.165) is 36.5 Å². The number of thioether (sulfide) groups is 1. The molecule has 0 bridgehead atoms. The highest BCUT2D eigenvalue weighted by molar-refractivity contribution is 7.99. The van der Waals surface area contributed by atoms with Crippen LogP contribution < -0.4 is 5.69 Å². The molecule has 5 nitrogen and oxygen atoms in total. The number of carbonyl (C=O) groups excluding carboxylic acids is 1. The average molecular weight is 267 g/mol. The van der Waals surface area contributed by atoms with Crippen molar-refractivity contribution >= 4 is 17.7 Å². The second-order valence-corrected chi connectivity index (χ2v) is 5.42. The van der Waals surface area contributed by atoms with E-state index in [9.17, 15) is 9.59 Å². The van der Waals surface area contributed by atoms with Crippen LogP contribution in [0.3, 0.4) is 0 Å². The van der Waals surface area contributed by atoms with Crippen LogP contribution in [0.15, 0.2) is 16.0 Å². The first-order chi connectivity index (χ1) is 8.66. The van der Waals surface area contributed by atoms with Gasteiger partial charge in [-0.2, -0.15) is 0 Å². The summed E-state index contributed by atoms with van der Waals surface area (Å²) in [6.07, 6.45) is 4.95. The van der Waals surface area contributed by atoms with Gasteiger partial charge in [0, 0.05) is 19.3 Å². The van der Waals surface area contributed by atoms with Gasteiger partial charge in [-0.15, -0.1) is 0 Å². The summed E-state index contributed by atoms with van der Waals surface area (Å²) < 4.78 is 0. The zero-order valence-electron chi connectivity index (χ0n) is 10.4. The summed E-state index contributed by atoms with van der Waals surface area (Å²) in [5, 5.41) is 0.736. The molecule has 0 spiro atoms. The number of rotatable bonds is 3. The molecule has 1 saturated heterocycles. The number of aryl methyl sites for hydroxylation is 1. The number of nitrogens with one attached hydrogen (secondary N) is 1. The Kier molecular flexibility index (Phi) is 4.41. The number of aromatic amines is 1. The van der Waals surface area contributed by atoms with E-state index in [4.69, 9.17) is 0 Å². The fourth-order valence-electron chi connectivity index (χ4n) is 1.96. The first-order valence-corrected chi connectivity index (χ1v) is 7.12. The topological polar surface area (TPSA) is 66.1 Å². The Hall–Kier alpha value is -1.30. The van der Waals surface area contributed by atoms with Crippen molar-refractivity contribution in [3.63, 3.8) is 0 Å². The maximum atomic E-state index is 12.0. The van der Waals surface area contributed by atoms with Crippen LogP contribution in [0.4, 0.5) is 0 Å². The standard InChI is InChI=1S/C12H17N3O2S/c1-9-7-13-12(17)14-11(9)18-8-10(16)15-5-3-2-4-6-15/h7H,2-6,8H2,1H3,(H,13,14,17). The molecular formula is C12H17N3O2S. The molecule has 1 fully saturated rings. The van der Waals surface area contributed by atoms with Crippen LogP contribution in [-0.4, -0.2) is 39.6 Å². The van der Waals surface area contributed by atoms with Gasteiger partial charge in [0.25, 0.3) is 0 Å². The van der Waals surface area contributed by atoms with Crippen LogP contribution in [0.25, 0.3) is 0 Å². The summed E-state index contributed by atoms with van der Waals surface area (Å²) in [6, 6.07) is 0. The van der Waals surface area contributed by atoms with Gasteiger partial charge in [-0.25, -0.2) is 9.78 Å². The highest BCUT2D eigenvalue weighted by Crippen LogP contribution is 2.19. The second kappa shape index (κ2) is 6.04. The van der Waals surface area contributed by atoms with Crippen LogP contribution in [0, 0.1) is 6.92 Å². The highest BCUT2D eigenvalue weighted by atomic mass is 32.2. The van der Waals surface area contributed by atoms with Gasteiger partial charge in [0.1, 0.15) is 0 Å². The number of H-pyrrole nitrogens is 1. The largest absolute Gasteiger partial charge is 0.345 e. The van der Waals surface area contributed by atoms with Gasteiger partial charge in [0.05, 0.1) is 10.8 Å². The molecule has 1 aromatic heterocycles. The van der Waals surface area contributed by atoms with Crippen LogP contribution in [0.1, 0.15) is 24.8 Å². The minimum absolute atomic E-state index is 0.150. The minimum atomic E-state index is -0.367. The average Bonchev–Trinajstić information content (AvgIpc) is 2.40. The van der Waals surface area contributed by atoms with Gasteiger partial charge in [-0.1, -0.05) is 11.8 Å². The molecule has 0 aromatic carbocycles. The van der Waals surface area contributed by atoms with Crippen molar-refractivity contribution in [2.45, 2.75) is 31.2 Å². The lowest BCUT2D eigenvalue weighted by molar-refractivity contribution is -0.129. The van der Waals surface area contributed by atoms with Gasteiger partial charge in [0.15, 0.2) is 0 Å². The number of hydrogen-bond acceptors (Lipinski definition) is 4. The molecule has 1 N–H and O–H groups in total. The monoisotopic (exact) mass is 267 g/mol. The summed E-state index contributed by atoms with van der Waals surface area (Å²) in [5.41, 5.74) is 0.527. The SMILES string of the molecule is Cc1cnc(=O)[nH]c1SCC(=O)N1CCCCC1. The lowest BCUT2D eigenvalue weighted by Crippen LogP contribution is -2.36. The maximum absolute atomic E-state index is 12.0. The molecule has 18 heavy (non-hydrogen) atoms. The molecule has 1 amide bonds. The fourth-order valence-corrected chi connectivity index (χ4v) is 2.85. The number of hydrogen-bond donors (Lipinski definition) is 1. The molecular weight excluding hydrogens is 250 g/mol. The Morgan fingerprint density at radius 1 is 1.44 bits per heavy atom. The van der Waals surface area contributed by atoms with E-state index >= 15 is 0 Å². The van der Waals surface area contributed by atoms with Crippen LogP contribution in [0.5, 0.6) is 0 Å². The van der Waals surface area contributed by atoms with Crippen molar-refractivity contribution in [3.8, 4) is 0 Å². The summed E-state index contributed by atoms with van der Waals surface area (Å²) in [7, 11) is 0. The van der Waals surface area contributed by atoms with Gasteiger partial charge in [-0.3, -0.25) is 4.79 Å². The van der Waals surface area contributed by atoms with Crippen LogP contribution in [-0.2, 0) is 4.79 Å². The smallest absolute Gasteiger partial charge is 0.342 e. The van der Waals surface area contributed by atoms with E-state index in [-0.39, 0.29) is 11.6 Å². The zero-order valence-corrected chi connectivity index (χ0v) is 11.3. The predicted octanol–water partition coefficient (Wildman–Crippen LogP) is 1.18. The predicted molar refractivity (Wildman–Crippen MR) is 70.7 cm³/mol. The third-order valence-electron chi connectivity index (χ3n) is 3.00.